The number of β-amino-alcohol motifs (C(OH)–C–C–N with tert-alkyl or cyclic N) is 1. The monoisotopic (exact) mass is 212 g/mol. The maximum Gasteiger partial charge on any atom is 0.0558 e. The van der Waals surface area contributed by atoms with E-state index in [2.05, 4.69) is 16.8 Å². The fourth-order valence-corrected chi connectivity index (χ4v) is 2.69. The molecule has 1 aliphatic carbocycles. The molecule has 1 N–H and O–H groups in total. The fraction of sp³-hybridized carbons (Fsp3) is 1.00. The second-order valence-electron chi connectivity index (χ2n) is 5.08. The zero-order valence-electron chi connectivity index (χ0n) is 9.86. The Bertz CT molecular complexity index is 192. The molecule has 1 heterocycles. The first-order valence-corrected chi connectivity index (χ1v) is 6.36. The summed E-state index contributed by atoms with van der Waals surface area (Å²) in [6.07, 6.45) is 6.78. The van der Waals surface area contributed by atoms with Gasteiger partial charge in [0.2, 0.25) is 0 Å². The van der Waals surface area contributed by atoms with E-state index in [1.807, 2.05) is 0 Å². The molecule has 2 fully saturated rings. The van der Waals surface area contributed by atoms with E-state index >= 15 is 0 Å². The Labute approximate surface area is 93.1 Å². The second kappa shape index (κ2) is 5.28. The van der Waals surface area contributed by atoms with E-state index in [1.54, 1.807) is 0 Å². The van der Waals surface area contributed by atoms with Crippen LogP contribution < -0.4 is 0 Å². The van der Waals surface area contributed by atoms with Crippen molar-refractivity contribution < 1.29 is 5.11 Å². The maximum atomic E-state index is 9.04. The van der Waals surface area contributed by atoms with Crippen LogP contribution in [0.25, 0.3) is 0 Å². The smallest absolute Gasteiger partial charge is 0.0558 e. The summed E-state index contributed by atoms with van der Waals surface area (Å²) in [5, 5.41) is 9.04. The highest BCUT2D eigenvalue weighted by Gasteiger charge is 2.30. The minimum Gasteiger partial charge on any atom is -0.395 e. The van der Waals surface area contributed by atoms with Crippen molar-refractivity contribution in [3.8, 4) is 0 Å². The lowest BCUT2D eigenvalue weighted by Gasteiger charge is -2.37. The number of likely N-dealkylation sites (N-methyl/N-ethyl adjacent to an activating group) is 1. The molecule has 15 heavy (non-hydrogen) atoms. The number of rotatable bonds is 5. The number of hydrogen-bond donors (Lipinski definition) is 1. The lowest BCUT2D eigenvalue weighted by molar-refractivity contribution is 0.0907. The SMILES string of the molecule is CN(CC1CCCCN1CCO)C1CC1. The number of hydrogen-bond acceptors (Lipinski definition) is 3. The summed E-state index contributed by atoms with van der Waals surface area (Å²) in [5.74, 6) is 0. The molecule has 1 aliphatic heterocycles. The van der Waals surface area contributed by atoms with Crippen molar-refractivity contribution in [3.05, 3.63) is 0 Å². The largest absolute Gasteiger partial charge is 0.395 e. The van der Waals surface area contributed by atoms with Gasteiger partial charge in [-0.2, -0.15) is 0 Å². The van der Waals surface area contributed by atoms with Crippen LogP contribution in [0.4, 0.5) is 0 Å². The molecule has 1 atom stereocenters. The minimum absolute atomic E-state index is 0.309. The van der Waals surface area contributed by atoms with Gasteiger partial charge in [0.1, 0.15) is 0 Å². The third-order valence-electron chi connectivity index (χ3n) is 3.81. The molecular weight excluding hydrogens is 188 g/mol. The normalized spacial score (nSPS) is 28.6. The van der Waals surface area contributed by atoms with Crippen molar-refractivity contribution in [3.63, 3.8) is 0 Å². The van der Waals surface area contributed by atoms with Gasteiger partial charge in [-0.05, 0) is 39.3 Å². The third kappa shape index (κ3) is 3.16. The van der Waals surface area contributed by atoms with Crippen LogP contribution in [0.1, 0.15) is 32.1 Å². The molecule has 0 aromatic carbocycles. The number of aliphatic hydroxyl groups excluding tert-OH is 1. The van der Waals surface area contributed by atoms with Crippen LogP contribution in [0.2, 0.25) is 0 Å². The quantitative estimate of drug-likeness (QED) is 0.734. The van der Waals surface area contributed by atoms with E-state index in [9.17, 15) is 0 Å². The van der Waals surface area contributed by atoms with Crippen LogP contribution in [0.15, 0.2) is 0 Å². The molecule has 0 aromatic heterocycles. The van der Waals surface area contributed by atoms with Crippen molar-refractivity contribution in [1.29, 1.82) is 0 Å². The Balaban J connectivity index is 1.80. The Morgan fingerprint density at radius 2 is 2.07 bits per heavy atom. The van der Waals surface area contributed by atoms with E-state index < -0.39 is 0 Å². The van der Waals surface area contributed by atoms with Gasteiger partial charge in [0.25, 0.3) is 0 Å². The number of aliphatic hydroxyl groups is 1. The fourth-order valence-electron chi connectivity index (χ4n) is 2.69. The third-order valence-corrected chi connectivity index (χ3v) is 3.81. The van der Waals surface area contributed by atoms with Crippen LogP contribution in [-0.2, 0) is 0 Å². The van der Waals surface area contributed by atoms with Crippen LogP contribution in [0, 0.1) is 0 Å². The van der Waals surface area contributed by atoms with Crippen molar-refractivity contribution >= 4 is 0 Å². The van der Waals surface area contributed by atoms with Gasteiger partial charge in [-0.25, -0.2) is 0 Å². The highest BCUT2D eigenvalue weighted by atomic mass is 16.3. The summed E-state index contributed by atoms with van der Waals surface area (Å²) in [6, 6.07) is 1.56. The number of likely N-dealkylation sites (tertiary alicyclic amines) is 1. The molecule has 1 saturated carbocycles. The first kappa shape index (κ1) is 11.4. The summed E-state index contributed by atoms with van der Waals surface area (Å²) < 4.78 is 0. The lowest BCUT2D eigenvalue weighted by atomic mass is 10.0. The molecule has 1 saturated heterocycles. The van der Waals surface area contributed by atoms with Gasteiger partial charge < -0.3 is 10.0 Å². The molecular formula is C12H24N2O. The van der Waals surface area contributed by atoms with Crippen molar-refractivity contribution in [2.45, 2.75) is 44.2 Å². The van der Waals surface area contributed by atoms with Gasteiger partial charge in [-0.1, -0.05) is 6.42 Å². The van der Waals surface area contributed by atoms with Crippen molar-refractivity contribution in [2.24, 2.45) is 0 Å². The molecule has 88 valence electrons. The maximum absolute atomic E-state index is 9.04. The summed E-state index contributed by atoms with van der Waals surface area (Å²) >= 11 is 0. The minimum atomic E-state index is 0.309. The first-order valence-electron chi connectivity index (χ1n) is 6.36. The summed E-state index contributed by atoms with van der Waals surface area (Å²) in [6.45, 7) is 3.56. The van der Waals surface area contributed by atoms with Crippen LogP contribution in [0.5, 0.6) is 0 Å². The number of piperidine rings is 1. The van der Waals surface area contributed by atoms with E-state index in [1.165, 1.54) is 45.2 Å². The Morgan fingerprint density at radius 3 is 2.73 bits per heavy atom. The van der Waals surface area contributed by atoms with Gasteiger partial charge in [-0.3, -0.25) is 4.90 Å². The van der Waals surface area contributed by atoms with E-state index in [4.69, 9.17) is 5.11 Å². The molecule has 1 unspecified atom stereocenters. The molecule has 2 rings (SSSR count). The standard InChI is InChI=1S/C12H24N2O/c1-13(11-5-6-11)10-12-4-2-3-7-14(12)8-9-15/h11-12,15H,2-10H2,1H3. The zero-order chi connectivity index (χ0) is 10.7. The highest BCUT2D eigenvalue weighted by molar-refractivity contribution is 4.87. The number of nitrogens with zero attached hydrogens (tertiary/aromatic N) is 2. The van der Waals surface area contributed by atoms with Gasteiger partial charge in [0, 0.05) is 25.2 Å². The predicted molar refractivity (Wildman–Crippen MR) is 61.9 cm³/mol. The molecule has 3 heteroatoms. The molecule has 0 spiro atoms. The van der Waals surface area contributed by atoms with Gasteiger partial charge in [0.05, 0.1) is 6.61 Å². The van der Waals surface area contributed by atoms with Gasteiger partial charge in [0.15, 0.2) is 0 Å². The molecule has 3 nitrogen and oxygen atoms in total. The van der Waals surface area contributed by atoms with Crippen LogP contribution in [0.3, 0.4) is 0 Å². The van der Waals surface area contributed by atoms with Crippen LogP contribution >= 0.6 is 0 Å². The first-order chi connectivity index (χ1) is 7.31. The lowest BCUT2D eigenvalue weighted by Crippen LogP contribution is -2.47. The van der Waals surface area contributed by atoms with Gasteiger partial charge in [-0.15, -0.1) is 0 Å². The highest BCUT2D eigenvalue weighted by Crippen LogP contribution is 2.27. The predicted octanol–water partition coefficient (Wildman–Crippen LogP) is 0.927. The molecule has 0 aromatic rings. The van der Waals surface area contributed by atoms with Crippen LogP contribution in [-0.4, -0.2) is 60.3 Å². The van der Waals surface area contributed by atoms with Crippen molar-refractivity contribution in [2.75, 3.05) is 33.3 Å². The molecule has 0 bridgehead atoms. The summed E-state index contributed by atoms with van der Waals surface area (Å²) in [5.41, 5.74) is 0. The average Bonchev–Trinajstić information content (AvgIpc) is 3.04. The second-order valence-corrected chi connectivity index (χ2v) is 5.08. The molecule has 0 amide bonds. The Morgan fingerprint density at radius 1 is 1.27 bits per heavy atom. The van der Waals surface area contributed by atoms with Gasteiger partial charge >= 0.3 is 0 Å². The summed E-state index contributed by atoms with van der Waals surface area (Å²) in [4.78, 5) is 4.99. The topological polar surface area (TPSA) is 26.7 Å². The molecule has 0 radical (unpaired) electrons. The Hall–Kier alpha value is -0.120. The van der Waals surface area contributed by atoms with E-state index in [0.717, 1.165) is 12.6 Å². The summed E-state index contributed by atoms with van der Waals surface area (Å²) in [7, 11) is 2.25. The Kier molecular flexibility index (Phi) is 4.00. The van der Waals surface area contributed by atoms with E-state index in [-0.39, 0.29) is 0 Å². The van der Waals surface area contributed by atoms with E-state index in [0.29, 0.717) is 12.6 Å². The zero-order valence-corrected chi connectivity index (χ0v) is 9.86. The average molecular weight is 212 g/mol. The van der Waals surface area contributed by atoms with Crippen molar-refractivity contribution in [1.82, 2.24) is 9.80 Å². The molecule has 2 aliphatic rings.